The zero-order valence-electron chi connectivity index (χ0n) is 14.0. The Morgan fingerprint density at radius 2 is 2.15 bits per heavy atom. The first-order valence-electron chi connectivity index (χ1n) is 8.56. The van der Waals surface area contributed by atoms with Crippen LogP contribution >= 0.6 is 0 Å². The second-order valence-electron chi connectivity index (χ2n) is 6.50. The molecule has 142 valence electrons. The molecule has 0 saturated carbocycles. The van der Waals surface area contributed by atoms with Crippen LogP contribution in [0.4, 0.5) is 11.8 Å². The van der Waals surface area contributed by atoms with Crippen molar-refractivity contribution in [2.24, 2.45) is 0 Å². The number of nitrogens with zero attached hydrogens (tertiary/aromatic N) is 4. The molecule has 4 rings (SSSR count). The molecule has 2 aliphatic heterocycles. The Morgan fingerprint density at radius 1 is 1.31 bits per heavy atom. The Labute approximate surface area is 148 Å². The van der Waals surface area contributed by atoms with E-state index >= 15 is 0 Å². The van der Waals surface area contributed by atoms with E-state index in [1.54, 1.807) is 0 Å². The maximum absolute atomic E-state index is 10.2. The smallest absolute Gasteiger partial charge is 0.226 e. The molecule has 11 nitrogen and oxygen atoms in total. The predicted molar refractivity (Wildman–Crippen MR) is 90.2 cm³/mol. The number of hydrogen-bond donors (Lipinski definition) is 5. The van der Waals surface area contributed by atoms with Crippen LogP contribution in [0, 0.1) is 0 Å². The zero-order chi connectivity index (χ0) is 18.3. The molecular weight excluding hydrogens is 344 g/mol. The van der Waals surface area contributed by atoms with Crippen molar-refractivity contribution < 1.29 is 24.8 Å². The first-order chi connectivity index (χ1) is 12.6. The summed E-state index contributed by atoms with van der Waals surface area (Å²) < 4.78 is 12.6. The number of aliphatic hydroxyl groups is 3. The van der Waals surface area contributed by atoms with Crippen molar-refractivity contribution in [1.29, 1.82) is 0 Å². The van der Waals surface area contributed by atoms with E-state index in [-0.39, 0.29) is 11.9 Å². The van der Waals surface area contributed by atoms with Gasteiger partial charge in [0.15, 0.2) is 17.7 Å². The molecule has 0 spiro atoms. The summed E-state index contributed by atoms with van der Waals surface area (Å²) in [5, 5.41) is 32.6. The zero-order valence-corrected chi connectivity index (χ0v) is 14.0. The number of hydrogen-bond acceptors (Lipinski definition) is 10. The van der Waals surface area contributed by atoms with Gasteiger partial charge in [0.2, 0.25) is 5.95 Å². The average molecular weight is 366 g/mol. The summed E-state index contributed by atoms with van der Waals surface area (Å²) in [6.07, 6.45) is -0.725. The van der Waals surface area contributed by atoms with Gasteiger partial charge in [0.25, 0.3) is 0 Å². The van der Waals surface area contributed by atoms with Crippen molar-refractivity contribution in [1.82, 2.24) is 19.5 Å². The Morgan fingerprint density at radius 3 is 2.85 bits per heavy atom. The second kappa shape index (κ2) is 6.93. The third-order valence-electron chi connectivity index (χ3n) is 4.75. The van der Waals surface area contributed by atoms with Crippen molar-refractivity contribution in [2.75, 3.05) is 30.8 Å². The molecule has 2 aromatic heterocycles. The van der Waals surface area contributed by atoms with Gasteiger partial charge in [-0.25, -0.2) is 4.98 Å². The maximum Gasteiger partial charge on any atom is 0.226 e. The molecule has 11 heteroatoms. The molecule has 5 atom stereocenters. The lowest BCUT2D eigenvalue weighted by Gasteiger charge is -2.17. The molecule has 6 N–H and O–H groups in total. The minimum absolute atomic E-state index is 0.112. The number of ether oxygens (including phenoxy) is 2. The van der Waals surface area contributed by atoms with Gasteiger partial charge in [-0.1, -0.05) is 0 Å². The van der Waals surface area contributed by atoms with Gasteiger partial charge in [0.05, 0.1) is 19.0 Å². The Bertz CT molecular complexity index is 779. The summed E-state index contributed by atoms with van der Waals surface area (Å²) in [6.45, 7) is 0.909. The van der Waals surface area contributed by atoms with Crippen LogP contribution in [-0.4, -0.2) is 79.0 Å². The molecule has 0 aromatic carbocycles. The highest BCUT2D eigenvalue weighted by Gasteiger charge is 2.44. The second-order valence-corrected chi connectivity index (χ2v) is 6.50. The highest BCUT2D eigenvalue weighted by Crippen LogP contribution is 2.32. The number of aliphatic hydroxyl groups excluding tert-OH is 3. The van der Waals surface area contributed by atoms with E-state index in [0.717, 1.165) is 19.4 Å². The third-order valence-corrected chi connectivity index (χ3v) is 4.75. The van der Waals surface area contributed by atoms with Gasteiger partial charge in [-0.2, -0.15) is 9.97 Å². The number of imidazole rings is 1. The van der Waals surface area contributed by atoms with E-state index in [1.807, 2.05) is 0 Å². The summed E-state index contributed by atoms with van der Waals surface area (Å²) in [5.74, 6) is 0.509. The third kappa shape index (κ3) is 2.97. The summed E-state index contributed by atoms with van der Waals surface area (Å²) in [7, 11) is 0. The highest BCUT2D eigenvalue weighted by molar-refractivity contribution is 5.83. The molecule has 2 saturated heterocycles. The molecule has 2 aliphatic rings. The van der Waals surface area contributed by atoms with Crippen LogP contribution in [0.1, 0.15) is 19.1 Å². The molecule has 0 bridgehead atoms. The van der Waals surface area contributed by atoms with Crippen LogP contribution in [0.2, 0.25) is 0 Å². The first-order valence-corrected chi connectivity index (χ1v) is 8.56. The summed E-state index contributed by atoms with van der Waals surface area (Å²) in [4.78, 5) is 12.8. The largest absolute Gasteiger partial charge is 0.394 e. The standard InChI is InChI=1S/C15H22N6O5/c16-12-9-13(20-15(19-12)17-4-7-2-1-3-25-7)21(6-18-9)14-11(24)10(23)8(5-22)26-14/h6-8,10-11,14,22-24H,1-5H2,(H3,16,17,19,20)/t7?,8-,10-,11-,14-/m1/s1. The number of anilines is 2. The Hall–Kier alpha value is -2.05. The van der Waals surface area contributed by atoms with Crippen molar-refractivity contribution in [2.45, 2.75) is 43.5 Å². The SMILES string of the molecule is Nc1nc(NCC2CCCO2)nc2c1ncn2[C@@H]1O[C@H](CO)[C@@H](O)[C@H]1O. The average Bonchev–Trinajstić information content (AvgIpc) is 3.34. The van der Waals surface area contributed by atoms with Gasteiger partial charge in [-0.05, 0) is 12.8 Å². The summed E-state index contributed by atoms with van der Waals surface area (Å²) in [6, 6.07) is 0. The molecule has 4 heterocycles. The molecular formula is C15H22N6O5. The fourth-order valence-corrected chi connectivity index (χ4v) is 3.32. The van der Waals surface area contributed by atoms with Crippen LogP contribution < -0.4 is 11.1 Å². The number of nitrogen functional groups attached to an aromatic ring is 1. The fourth-order valence-electron chi connectivity index (χ4n) is 3.32. The molecule has 1 unspecified atom stereocenters. The minimum Gasteiger partial charge on any atom is -0.394 e. The van der Waals surface area contributed by atoms with E-state index in [0.29, 0.717) is 23.7 Å². The molecule has 2 fully saturated rings. The van der Waals surface area contributed by atoms with Crippen molar-refractivity contribution >= 4 is 22.9 Å². The number of rotatable bonds is 5. The van der Waals surface area contributed by atoms with Gasteiger partial charge >= 0.3 is 0 Å². The van der Waals surface area contributed by atoms with Crippen LogP contribution in [-0.2, 0) is 9.47 Å². The molecule has 26 heavy (non-hydrogen) atoms. The van der Waals surface area contributed by atoms with Crippen LogP contribution in [0.5, 0.6) is 0 Å². The van der Waals surface area contributed by atoms with Crippen LogP contribution in [0.25, 0.3) is 11.2 Å². The monoisotopic (exact) mass is 366 g/mol. The topological polar surface area (TPSA) is 161 Å². The highest BCUT2D eigenvalue weighted by atomic mass is 16.6. The summed E-state index contributed by atoms with van der Waals surface area (Å²) in [5.41, 5.74) is 6.71. The van der Waals surface area contributed by atoms with Crippen molar-refractivity contribution in [3.63, 3.8) is 0 Å². The number of fused-ring (bicyclic) bond motifs is 1. The van der Waals surface area contributed by atoms with Crippen LogP contribution in [0.15, 0.2) is 6.33 Å². The predicted octanol–water partition coefficient (Wildman–Crippen LogP) is -1.39. The fraction of sp³-hybridized carbons (Fsp3) is 0.667. The lowest BCUT2D eigenvalue weighted by atomic mass is 10.1. The number of nitrogens with two attached hydrogens (primary N) is 1. The van der Waals surface area contributed by atoms with Crippen molar-refractivity contribution in [3.8, 4) is 0 Å². The minimum atomic E-state index is -1.23. The number of aromatic nitrogens is 4. The summed E-state index contributed by atoms with van der Waals surface area (Å²) >= 11 is 0. The van der Waals surface area contributed by atoms with Gasteiger partial charge in [0, 0.05) is 13.2 Å². The Balaban J connectivity index is 1.61. The van der Waals surface area contributed by atoms with Crippen molar-refractivity contribution in [3.05, 3.63) is 6.33 Å². The van der Waals surface area contributed by atoms with Gasteiger partial charge in [-0.3, -0.25) is 4.57 Å². The van der Waals surface area contributed by atoms with Gasteiger partial charge in [-0.15, -0.1) is 0 Å². The van der Waals surface area contributed by atoms with E-state index < -0.39 is 31.1 Å². The van der Waals surface area contributed by atoms with Gasteiger partial charge in [0.1, 0.15) is 23.8 Å². The molecule has 0 radical (unpaired) electrons. The Kier molecular flexibility index (Phi) is 4.63. The van der Waals surface area contributed by atoms with Gasteiger partial charge < -0.3 is 35.8 Å². The normalized spacial score (nSPS) is 31.7. The first kappa shape index (κ1) is 17.4. The van der Waals surface area contributed by atoms with Crippen LogP contribution in [0.3, 0.4) is 0 Å². The van der Waals surface area contributed by atoms with E-state index in [4.69, 9.17) is 15.2 Å². The van der Waals surface area contributed by atoms with E-state index in [9.17, 15) is 15.3 Å². The maximum atomic E-state index is 10.2. The molecule has 0 amide bonds. The van der Waals surface area contributed by atoms with E-state index in [1.165, 1.54) is 10.9 Å². The lowest BCUT2D eigenvalue weighted by Crippen LogP contribution is -2.33. The number of nitrogens with one attached hydrogen (secondary N) is 1. The molecule has 2 aromatic rings. The lowest BCUT2D eigenvalue weighted by molar-refractivity contribution is -0.0511. The quantitative estimate of drug-likeness (QED) is 0.426. The molecule has 0 aliphatic carbocycles. The van der Waals surface area contributed by atoms with E-state index in [2.05, 4.69) is 20.3 Å².